The topological polar surface area (TPSA) is 59.5 Å². The second kappa shape index (κ2) is 5.50. The fraction of sp³-hybridized carbons (Fsp3) is 0.300. The number of carbonyl (C=O) groups excluding carboxylic acids is 2. The fourth-order valence-electron chi connectivity index (χ4n) is 0.891. The molecule has 0 aliphatic heterocycles. The number of thioether (sulfide) groups is 1. The Hall–Kier alpha value is -1.56. The third-order valence-corrected chi connectivity index (χ3v) is 2.69. The zero-order valence-electron chi connectivity index (χ0n) is 9.26. The molecule has 1 amide bonds. The molecule has 0 saturated heterocycles. The van der Waals surface area contributed by atoms with Crippen molar-refractivity contribution in [3.05, 3.63) is 23.9 Å². The normalized spacial score (nSPS) is 9.69. The second-order valence-corrected chi connectivity index (χ2v) is 4.11. The summed E-state index contributed by atoms with van der Waals surface area (Å²) in [5, 5.41) is 0.330. The maximum absolute atomic E-state index is 11.4. The van der Waals surface area contributed by atoms with Gasteiger partial charge in [-0.25, -0.2) is 9.78 Å². The molecule has 1 rings (SSSR count). The lowest BCUT2D eigenvalue weighted by molar-refractivity contribution is 0.0600. The summed E-state index contributed by atoms with van der Waals surface area (Å²) in [6, 6.07) is 3.06. The summed E-state index contributed by atoms with van der Waals surface area (Å²) in [5.74, 6) is -0.443. The van der Waals surface area contributed by atoms with Crippen molar-refractivity contribution in [1.82, 2.24) is 9.88 Å². The molecular weight excluding hydrogens is 228 g/mol. The van der Waals surface area contributed by atoms with Gasteiger partial charge in [0.15, 0.2) is 0 Å². The number of amides is 1. The molecule has 0 bridgehead atoms. The number of nitrogens with zero attached hydrogens (tertiary/aromatic N) is 2. The quantitative estimate of drug-likeness (QED) is 0.581. The van der Waals surface area contributed by atoms with Crippen LogP contribution >= 0.6 is 11.8 Å². The standard InChI is InChI=1S/C10H12N2O3S/c1-12(2)10(14)16-8-6-7(4-5-11-8)9(13)15-3/h4-6H,1-3H3. The summed E-state index contributed by atoms with van der Waals surface area (Å²) in [4.78, 5) is 28.1. The van der Waals surface area contributed by atoms with Crippen LogP contribution in [0.4, 0.5) is 4.79 Å². The Morgan fingerprint density at radius 3 is 2.69 bits per heavy atom. The van der Waals surface area contributed by atoms with Gasteiger partial charge in [0.05, 0.1) is 12.7 Å². The van der Waals surface area contributed by atoms with Gasteiger partial charge in [0.2, 0.25) is 0 Å². The highest BCUT2D eigenvalue weighted by molar-refractivity contribution is 8.13. The van der Waals surface area contributed by atoms with Gasteiger partial charge < -0.3 is 9.64 Å². The maximum Gasteiger partial charge on any atom is 0.337 e. The van der Waals surface area contributed by atoms with Crippen molar-refractivity contribution in [2.45, 2.75) is 5.03 Å². The van der Waals surface area contributed by atoms with Crippen molar-refractivity contribution >= 4 is 23.0 Å². The number of pyridine rings is 1. The van der Waals surface area contributed by atoms with Crippen LogP contribution in [-0.4, -0.2) is 42.3 Å². The third kappa shape index (κ3) is 3.23. The second-order valence-electron chi connectivity index (χ2n) is 3.14. The van der Waals surface area contributed by atoms with E-state index >= 15 is 0 Å². The Kier molecular flexibility index (Phi) is 4.30. The van der Waals surface area contributed by atoms with E-state index < -0.39 is 5.97 Å². The highest BCUT2D eigenvalue weighted by Gasteiger charge is 2.11. The molecule has 0 saturated carbocycles. The molecule has 0 fully saturated rings. The van der Waals surface area contributed by atoms with Crippen LogP contribution in [0.5, 0.6) is 0 Å². The molecular formula is C10H12N2O3S. The van der Waals surface area contributed by atoms with Crippen LogP contribution in [0.1, 0.15) is 10.4 Å². The number of hydrogen-bond acceptors (Lipinski definition) is 5. The van der Waals surface area contributed by atoms with Gasteiger partial charge >= 0.3 is 5.97 Å². The lowest BCUT2D eigenvalue weighted by atomic mass is 10.3. The van der Waals surface area contributed by atoms with Gasteiger partial charge in [-0.2, -0.15) is 0 Å². The number of esters is 1. The number of ether oxygens (including phenoxy) is 1. The largest absolute Gasteiger partial charge is 0.465 e. The molecule has 0 N–H and O–H groups in total. The van der Waals surface area contributed by atoms with E-state index in [4.69, 9.17) is 0 Å². The van der Waals surface area contributed by atoms with Crippen LogP contribution < -0.4 is 0 Å². The zero-order chi connectivity index (χ0) is 12.1. The minimum absolute atomic E-state index is 0.144. The molecule has 86 valence electrons. The van der Waals surface area contributed by atoms with Crippen molar-refractivity contribution < 1.29 is 14.3 Å². The van der Waals surface area contributed by atoms with E-state index in [-0.39, 0.29) is 5.24 Å². The highest BCUT2D eigenvalue weighted by atomic mass is 32.2. The molecule has 0 unspecified atom stereocenters. The van der Waals surface area contributed by atoms with Crippen LogP contribution in [0.25, 0.3) is 0 Å². The third-order valence-electron chi connectivity index (χ3n) is 1.71. The molecule has 0 atom stereocenters. The summed E-state index contributed by atoms with van der Waals surface area (Å²) in [6.07, 6.45) is 1.47. The molecule has 16 heavy (non-hydrogen) atoms. The predicted molar refractivity (Wildman–Crippen MR) is 60.5 cm³/mol. The monoisotopic (exact) mass is 240 g/mol. The molecule has 1 aromatic rings. The molecule has 5 nitrogen and oxygen atoms in total. The first-order valence-corrected chi connectivity index (χ1v) is 5.29. The predicted octanol–water partition coefficient (Wildman–Crippen LogP) is 1.64. The molecule has 1 aromatic heterocycles. The van der Waals surface area contributed by atoms with E-state index in [1.54, 1.807) is 14.1 Å². The smallest absolute Gasteiger partial charge is 0.337 e. The van der Waals surface area contributed by atoms with E-state index in [9.17, 15) is 9.59 Å². The number of methoxy groups -OCH3 is 1. The van der Waals surface area contributed by atoms with Crippen LogP contribution in [0.2, 0.25) is 0 Å². The lowest BCUT2D eigenvalue weighted by Gasteiger charge is -2.08. The Morgan fingerprint density at radius 1 is 1.44 bits per heavy atom. The van der Waals surface area contributed by atoms with Crippen molar-refractivity contribution in [2.24, 2.45) is 0 Å². The SMILES string of the molecule is COC(=O)c1ccnc(SC(=O)N(C)C)c1. The average Bonchev–Trinajstić information content (AvgIpc) is 2.28. The van der Waals surface area contributed by atoms with Gasteiger partial charge in [-0.15, -0.1) is 0 Å². The first-order chi connectivity index (χ1) is 7.54. The maximum atomic E-state index is 11.4. The first-order valence-electron chi connectivity index (χ1n) is 4.48. The Morgan fingerprint density at radius 2 is 2.12 bits per heavy atom. The molecule has 0 aliphatic carbocycles. The van der Waals surface area contributed by atoms with Gasteiger partial charge in [-0.3, -0.25) is 4.79 Å². The van der Waals surface area contributed by atoms with Crippen molar-refractivity contribution in [2.75, 3.05) is 21.2 Å². The molecule has 0 spiro atoms. The molecule has 0 radical (unpaired) electrons. The van der Waals surface area contributed by atoms with Crippen LogP contribution in [0.3, 0.4) is 0 Å². The zero-order valence-corrected chi connectivity index (χ0v) is 10.1. The number of rotatable bonds is 2. The summed E-state index contributed by atoms with van der Waals surface area (Å²) < 4.78 is 4.57. The Labute approximate surface area is 97.8 Å². The van der Waals surface area contributed by atoms with E-state index in [2.05, 4.69) is 9.72 Å². The Balaban J connectivity index is 2.83. The number of hydrogen-bond donors (Lipinski definition) is 0. The number of aromatic nitrogens is 1. The highest BCUT2D eigenvalue weighted by Crippen LogP contribution is 2.19. The average molecular weight is 240 g/mol. The molecule has 0 aliphatic rings. The van der Waals surface area contributed by atoms with Crippen molar-refractivity contribution in [3.8, 4) is 0 Å². The van der Waals surface area contributed by atoms with Gasteiger partial charge in [-0.05, 0) is 23.9 Å². The van der Waals surface area contributed by atoms with Crippen LogP contribution in [-0.2, 0) is 4.74 Å². The van der Waals surface area contributed by atoms with E-state index in [1.807, 2.05) is 0 Å². The minimum Gasteiger partial charge on any atom is -0.465 e. The fourth-order valence-corrected chi connectivity index (χ4v) is 1.55. The van der Waals surface area contributed by atoms with E-state index in [0.29, 0.717) is 10.6 Å². The minimum atomic E-state index is -0.443. The lowest BCUT2D eigenvalue weighted by Crippen LogP contribution is -2.16. The Bertz CT molecular complexity index is 407. The van der Waals surface area contributed by atoms with Crippen molar-refractivity contribution in [1.29, 1.82) is 0 Å². The van der Waals surface area contributed by atoms with E-state index in [0.717, 1.165) is 11.8 Å². The van der Waals surface area contributed by atoms with Gasteiger partial charge in [0.25, 0.3) is 5.24 Å². The van der Waals surface area contributed by atoms with Crippen molar-refractivity contribution in [3.63, 3.8) is 0 Å². The van der Waals surface area contributed by atoms with Gasteiger partial charge in [-0.1, -0.05) is 0 Å². The first kappa shape index (κ1) is 12.5. The molecule has 6 heteroatoms. The van der Waals surface area contributed by atoms with Crippen LogP contribution in [0, 0.1) is 0 Å². The summed E-state index contributed by atoms with van der Waals surface area (Å²) >= 11 is 0.962. The molecule has 1 heterocycles. The summed E-state index contributed by atoms with van der Waals surface area (Å²) in [7, 11) is 4.61. The molecule has 0 aromatic carbocycles. The van der Waals surface area contributed by atoms with Gasteiger partial charge in [0.1, 0.15) is 5.03 Å². The van der Waals surface area contributed by atoms with Gasteiger partial charge in [0, 0.05) is 20.3 Å². The summed E-state index contributed by atoms with van der Waals surface area (Å²) in [5.41, 5.74) is 0.381. The number of carbonyl (C=O) groups is 2. The summed E-state index contributed by atoms with van der Waals surface area (Å²) in [6.45, 7) is 0. The van der Waals surface area contributed by atoms with Crippen LogP contribution in [0.15, 0.2) is 23.4 Å². The van der Waals surface area contributed by atoms with E-state index in [1.165, 1.54) is 30.3 Å².